The van der Waals surface area contributed by atoms with Gasteiger partial charge >= 0.3 is 0 Å². The maximum absolute atomic E-state index is 4.37. The number of nitrogens with one attached hydrogen (secondary N) is 1. The van der Waals surface area contributed by atoms with Crippen LogP contribution in [0.1, 0.15) is 11.1 Å². The molecular formula is C13H15N3. The summed E-state index contributed by atoms with van der Waals surface area (Å²) in [5, 5.41) is 3.07. The van der Waals surface area contributed by atoms with Crippen molar-refractivity contribution in [3.05, 3.63) is 41.7 Å². The predicted octanol–water partition coefficient (Wildman–Crippen LogP) is 2.80. The molecule has 1 N–H and O–H groups in total. The summed E-state index contributed by atoms with van der Waals surface area (Å²) in [6.07, 6.45) is 1.60. The summed E-state index contributed by atoms with van der Waals surface area (Å²) in [6, 6.07) is 8.25. The van der Waals surface area contributed by atoms with Crippen LogP contribution in [0, 0.1) is 13.8 Å². The van der Waals surface area contributed by atoms with Crippen LogP contribution in [0.5, 0.6) is 0 Å². The molecule has 82 valence electrons. The van der Waals surface area contributed by atoms with Crippen LogP contribution in [0.2, 0.25) is 0 Å². The van der Waals surface area contributed by atoms with Crippen molar-refractivity contribution in [2.75, 3.05) is 12.4 Å². The van der Waals surface area contributed by atoms with Gasteiger partial charge in [0.15, 0.2) is 0 Å². The molecule has 1 aromatic heterocycles. The van der Waals surface area contributed by atoms with E-state index >= 15 is 0 Å². The molecule has 3 heteroatoms. The Kier molecular flexibility index (Phi) is 2.86. The van der Waals surface area contributed by atoms with Gasteiger partial charge in [-0.05, 0) is 19.4 Å². The van der Waals surface area contributed by atoms with Crippen molar-refractivity contribution in [1.82, 2.24) is 9.97 Å². The third kappa shape index (κ3) is 1.76. The number of rotatable bonds is 2. The molecule has 0 aliphatic rings. The molecule has 0 atom stereocenters. The van der Waals surface area contributed by atoms with E-state index in [0.29, 0.717) is 0 Å². The summed E-state index contributed by atoms with van der Waals surface area (Å²) in [5.41, 5.74) is 4.47. The summed E-state index contributed by atoms with van der Waals surface area (Å²) >= 11 is 0. The van der Waals surface area contributed by atoms with Gasteiger partial charge in [-0.3, -0.25) is 0 Å². The number of hydrogen-bond acceptors (Lipinski definition) is 3. The van der Waals surface area contributed by atoms with Crippen molar-refractivity contribution in [2.45, 2.75) is 13.8 Å². The van der Waals surface area contributed by atoms with Crippen LogP contribution in [-0.4, -0.2) is 17.0 Å². The maximum atomic E-state index is 4.37. The minimum absolute atomic E-state index is 0.883. The fraction of sp³-hybridized carbons (Fsp3) is 0.231. The van der Waals surface area contributed by atoms with Crippen molar-refractivity contribution in [3.8, 4) is 11.3 Å². The molecule has 0 aliphatic heterocycles. The Labute approximate surface area is 95.6 Å². The Morgan fingerprint density at radius 3 is 2.50 bits per heavy atom. The van der Waals surface area contributed by atoms with E-state index in [1.165, 1.54) is 11.1 Å². The lowest BCUT2D eigenvalue weighted by Crippen LogP contribution is -2.00. The standard InChI is InChI=1S/C13H15N3/c1-9-6-4-5-7-11(9)12-10(2)13(14-3)16-8-15-12/h4-8H,1-3H3,(H,14,15,16). The minimum Gasteiger partial charge on any atom is -0.373 e. The Hall–Kier alpha value is -1.90. The van der Waals surface area contributed by atoms with Crippen LogP contribution in [0.3, 0.4) is 0 Å². The van der Waals surface area contributed by atoms with Crippen LogP contribution >= 0.6 is 0 Å². The zero-order valence-corrected chi connectivity index (χ0v) is 9.78. The van der Waals surface area contributed by atoms with Gasteiger partial charge in [-0.15, -0.1) is 0 Å². The van der Waals surface area contributed by atoms with E-state index in [0.717, 1.165) is 17.1 Å². The number of anilines is 1. The average molecular weight is 213 g/mol. The van der Waals surface area contributed by atoms with Crippen molar-refractivity contribution < 1.29 is 0 Å². The summed E-state index contributed by atoms with van der Waals surface area (Å²) in [7, 11) is 1.87. The molecule has 2 rings (SSSR count). The summed E-state index contributed by atoms with van der Waals surface area (Å²) < 4.78 is 0. The molecule has 0 saturated heterocycles. The van der Waals surface area contributed by atoms with E-state index in [1.54, 1.807) is 6.33 Å². The first kappa shape index (κ1) is 10.6. The van der Waals surface area contributed by atoms with E-state index in [1.807, 2.05) is 26.1 Å². The predicted molar refractivity (Wildman–Crippen MR) is 66.5 cm³/mol. The fourth-order valence-electron chi connectivity index (χ4n) is 1.81. The number of hydrogen-bond donors (Lipinski definition) is 1. The first-order chi connectivity index (χ1) is 7.74. The second-order valence-electron chi connectivity index (χ2n) is 3.76. The molecule has 0 bridgehead atoms. The van der Waals surface area contributed by atoms with Gasteiger partial charge in [0.2, 0.25) is 0 Å². The summed E-state index contributed by atoms with van der Waals surface area (Å²) in [6.45, 7) is 4.13. The van der Waals surface area contributed by atoms with Gasteiger partial charge in [-0.1, -0.05) is 24.3 Å². The monoisotopic (exact) mass is 213 g/mol. The second kappa shape index (κ2) is 4.31. The average Bonchev–Trinajstić information content (AvgIpc) is 2.31. The van der Waals surface area contributed by atoms with Crippen molar-refractivity contribution in [1.29, 1.82) is 0 Å². The lowest BCUT2D eigenvalue weighted by atomic mass is 10.0. The normalized spacial score (nSPS) is 10.2. The highest BCUT2D eigenvalue weighted by atomic mass is 15.0. The fourth-order valence-corrected chi connectivity index (χ4v) is 1.81. The number of benzene rings is 1. The maximum Gasteiger partial charge on any atom is 0.132 e. The van der Waals surface area contributed by atoms with Gasteiger partial charge in [-0.25, -0.2) is 9.97 Å². The molecule has 1 heterocycles. The first-order valence-corrected chi connectivity index (χ1v) is 5.29. The second-order valence-corrected chi connectivity index (χ2v) is 3.76. The van der Waals surface area contributed by atoms with Gasteiger partial charge in [0.25, 0.3) is 0 Å². The molecule has 2 aromatic rings. The molecular weight excluding hydrogens is 198 g/mol. The van der Waals surface area contributed by atoms with E-state index in [9.17, 15) is 0 Å². The highest BCUT2D eigenvalue weighted by Gasteiger charge is 2.09. The minimum atomic E-state index is 0.883. The number of aromatic nitrogens is 2. The molecule has 3 nitrogen and oxygen atoms in total. The van der Waals surface area contributed by atoms with Crippen LogP contribution < -0.4 is 5.32 Å². The van der Waals surface area contributed by atoms with Crippen LogP contribution in [-0.2, 0) is 0 Å². The van der Waals surface area contributed by atoms with E-state index < -0.39 is 0 Å². The van der Waals surface area contributed by atoms with Crippen molar-refractivity contribution in [2.24, 2.45) is 0 Å². The SMILES string of the molecule is CNc1ncnc(-c2ccccc2C)c1C. The van der Waals surface area contributed by atoms with Crippen LogP contribution in [0.15, 0.2) is 30.6 Å². The van der Waals surface area contributed by atoms with Crippen molar-refractivity contribution >= 4 is 5.82 Å². The zero-order valence-electron chi connectivity index (χ0n) is 9.78. The summed E-state index contributed by atoms with van der Waals surface area (Å²) in [4.78, 5) is 8.56. The zero-order chi connectivity index (χ0) is 11.5. The summed E-state index contributed by atoms with van der Waals surface area (Å²) in [5.74, 6) is 0.883. The molecule has 16 heavy (non-hydrogen) atoms. The number of aryl methyl sites for hydroxylation is 1. The Balaban J connectivity index is 2.61. The molecule has 1 aromatic carbocycles. The largest absolute Gasteiger partial charge is 0.373 e. The van der Waals surface area contributed by atoms with E-state index in [-0.39, 0.29) is 0 Å². The molecule has 0 amide bonds. The quantitative estimate of drug-likeness (QED) is 0.833. The third-order valence-corrected chi connectivity index (χ3v) is 2.72. The molecule has 0 saturated carbocycles. The Bertz CT molecular complexity index is 506. The van der Waals surface area contributed by atoms with E-state index in [4.69, 9.17) is 0 Å². The van der Waals surface area contributed by atoms with Crippen LogP contribution in [0.25, 0.3) is 11.3 Å². The molecule has 0 radical (unpaired) electrons. The lowest BCUT2D eigenvalue weighted by molar-refractivity contribution is 1.12. The highest BCUT2D eigenvalue weighted by Crippen LogP contribution is 2.26. The Morgan fingerprint density at radius 2 is 1.81 bits per heavy atom. The van der Waals surface area contributed by atoms with E-state index in [2.05, 4.69) is 34.3 Å². The Morgan fingerprint density at radius 1 is 1.06 bits per heavy atom. The topological polar surface area (TPSA) is 37.8 Å². The molecule has 0 unspecified atom stereocenters. The first-order valence-electron chi connectivity index (χ1n) is 5.29. The molecule has 0 spiro atoms. The number of nitrogens with zero attached hydrogens (tertiary/aromatic N) is 2. The van der Waals surface area contributed by atoms with Gasteiger partial charge < -0.3 is 5.32 Å². The third-order valence-electron chi connectivity index (χ3n) is 2.72. The smallest absolute Gasteiger partial charge is 0.132 e. The molecule has 0 aliphatic carbocycles. The van der Waals surface area contributed by atoms with Crippen molar-refractivity contribution in [3.63, 3.8) is 0 Å². The van der Waals surface area contributed by atoms with Crippen LogP contribution in [0.4, 0.5) is 5.82 Å². The van der Waals surface area contributed by atoms with Gasteiger partial charge in [-0.2, -0.15) is 0 Å². The van der Waals surface area contributed by atoms with Gasteiger partial charge in [0, 0.05) is 18.2 Å². The van der Waals surface area contributed by atoms with Gasteiger partial charge in [0.05, 0.1) is 5.69 Å². The van der Waals surface area contributed by atoms with Gasteiger partial charge in [0.1, 0.15) is 12.1 Å². The highest BCUT2D eigenvalue weighted by molar-refractivity contribution is 5.70. The lowest BCUT2D eigenvalue weighted by Gasteiger charge is -2.10. The molecule has 0 fully saturated rings.